The Labute approximate surface area is 153 Å². The zero-order chi connectivity index (χ0) is 17.9. The van der Waals surface area contributed by atoms with E-state index in [-0.39, 0.29) is 5.60 Å². The molecule has 0 radical (unpaired) electrons. The standard InChI is InChI=1S/C23H36O2/c1-5-14-25-23(4)13-10-20-18-7-6-16-15-17(24)8-11-21(16,2)19(18)9-12-22(20,23)3/h5,16,18-20H,1,6-15H2,2-4H3/t16?,18-,19-,20+,21+,22+,23?/m1/s1. The van der Waals surface area contributed by atoms with Gasteiger partial charge in [-0.2, -0.15) is 0 Å². The molecule has 0 heterocycles. The number of ketones is 1. The summed E-state index contributed by atoms with van der Waals surface area (Å²) >= 11 is 0. The van der Waals surface area contributed by atoms with Crippen molar-refractivity contribution < 1.29 is 9.53 Å². The molecule has 4 fully saturated rings. The van der Waals surface area contributed by atoms with Gasteiger partial charge in [-0.05, 0) is 86.4 Å². The SMILES string of the molecule is C=CCOC1(C)CC[C@H]2[C@@H]3CCC4CC(=O)CC[C@]4(C)[C@@H]3CC[C@@]21C. The highest BCUT2D eigenvalue weighted by Gasteiger charge is 2.63. The molecular weight excluding hydrogens is 308 g/mol. The summed E-state index contributed by atoms with van der Waals surface area (Å²) in [6.07, 6.45) is 12.5. The Morgan fingerprint density at radius 1 is 1.08 bits per heavy atom. The van der Waals surface area contributed by atoms with E-state index in [9.17, 15) is 4.79 Å². The van der Waals surface area contributed by atoms with Gasteiger partial charge < -0.3 is 4.74 Å². The van der Waals surface area contributed by atoms with Gasteiger partial charge in [0.15, 0.2) is 0 Å². The molecule has 0 amide bonds. The summed E-state index contributed by atoms with van der Waals surface area (Å²) in [5.41, 5.74) is 0.737. The molecule has 0 bridgehead atoms. The molecule has 4 aliphatic carbocycles. The van der Waals surface area contributed by atoms with Crippen LogP contribution in [-0.2, 0) is 9.53 Å². The molecule has 2 heteroatoms. The van der Waals surface area contributed by atoms with Gasteiger partial charge in [-0.3, -0.25) is 4.79 Å². The van der Waals surface area contributed by atoms with Gasteiger partial charge in [-0.25, -0.2) is 0 Å². The smallest absolute Gasteiger partial charge is 0.133 e. The quantitative estimate of drug-likeness (QED) is 0.627. The lowest BCUT2D eigenvalue weighted by Gasteiger charge is -2.61. The van der Waals surface area contributed by atoms with Crippen LogP contribution < -0.4 is 0 Å². The topological polar surface area (TPSA) is 26.3 Å². The average molecular weight is 345 g/mol. The first-order chi connectivity index (χ1) is 11.8. The van der Waals surface area contributed by atoms with Crippen molar-refractivity contribution >= 4 is 5.78 Å². The summed E-state index contributed by atoms with van der Waals surface area (Å²) < 4.78 is 6.37. The minimum absolute atomic E-state index is 0.0110. The summed E-state index contributed by atoms with van der Waals surface area (Å²) in [4.78, 5) is 12.0. The lowest BCUT2D eigenvalue weighted by molar-refractivity contribution is -0.164. The van der Waals surface area contributed by atoms with Crippen LogP contribution in [0.2, 0.25) is 0 Å². The number of Topliss-reactive ketones (excluding diaryl/α,β-unsaturated/α-hetero) is 1. The van der Waals surface area contributed by atoms with E-state index in [0.29, 0.717) is 29.1 Å². The molecule has 4 aliphatic rings. The second-order valence-electron chi connectivity index (χ2n) is 10.2. The number of rotatable bonds is 3. The lowest BCUT2D eigenvalue weighted by Crippen LogP contribution is -2.56. The molecular formula is C23H36O2. The minimum atomic E-state index is 0.0110. The Balaban J connectivity index is 1.60. The summed E-state index contributed by atoms with van der Waals surface area (Å²) in [5, 5.41) is 0. The van der Waals surface area contributed by atoms with E-state index in [1.54, 1.807) is 0 Å². The maximum absolute atomic E-state index is 12.0. The first kappa shape index (κ1) is 17.8. The average Bonchev–Trinajstić information content (AvgIpc) is 2.85. The Bertz CT molecular complexity index is 568. The highest BCUT2D eigenvalue weighted by molar-refractivity contribution is 5.79. The van der Waals surface area contributed by atoms with Crippen LogP contribution in [0, 0.1) is 34.5 Å². The number of carbonyl (C=O) groups is 1. The van der Waals surface area contributed by atoms with Crippen molar-refractivity contribution in [2.75, 3.05) is 6.61 Å². The van der Waals surface area contributed by atoms with E-state index in [1.807, 2.05) is 6.08 Å². The van der Waals surface area contributed by atoms with Crippen LogP contribution >= 0.6 is 0 Å². The summed E-state index contributed by atoms with van der Waals surface area (Å²) in [7, 11) is 0. The Morgan fingerprint density at radius 2 is 1.84 bits per heavy atom. The highest BCUT2D eigenvalue weighted by Crippen LogP contribution is 2.68. The summed E-state index contributed by atoms with van der Waals surface area (Å²) in [6.45, 7) is 11.9. The first-order valence-corrected chi connectivity index (χ1v) is 10.6. The number of fused-ring (bicyclic) bond motifs is 5. The number of carbonyl (C=O) groups excluding carboxylic acids is 1. The molecule has 4 saturated carbocycles. The van der Waals surface area contributed by atoms with Crippen molar-refractivity contribution in [3.63, 3.8) is 0 Å². The van der Waals surface area contributed by atoms with E-state index in [0.717, 1.165) is 37.0 Å². The molecule has 0 aromatic heterocycles. The van der Waals surface area contributed by atoms with Crippen molar-refractivity contribution in [3.05, 3.63) is 12.7 Å². The van der Waals surface area contributed by atoms with Crippen LogP contribution in [0.15, 0.2) is 12.7 Å². The normalized spacial score (nSPS) is 52.2. The van der Waals surface area contributed by atoms with Crippen LogP contribution in [-0.4, -0.2) is 18.0 Å². The molecule has 0 spiro atoms. The molecule has 2 unspecified atom stereocenters. The van der Waals surface area contributed by atoms with E-state index in [2.05, 4.69) is 27.4 Å². The van der Waals surface area contributed by atoms with Crippen LogP contribution in [0.5, 0.6) is 0 Å². The lowest BCUT2D eigenvalue weighted by atomic mass is 9.44. The molecule has 2 nitrogen and oxygen atoms in total. The third-order valence-corrected chi connectivity index (χ3v) is 9.53. The molecule has 0 aromatic carbocycles. The largest absolute Gasteiger partial charge is 0.371 e. The van der Waals surface area contributed by atoms with Crippen molar-refractivity contribution in [2.45, 2.75) is 84.2 Å². The van der Waals surface area contributed by atoms with Gasteiger partial charge >= 0.3 is 0 Å². The third-order valence-electron chi connectivity index (χ3n) is 9.53. The first-order valence-electron chi connectivity index (χ1n) is 10.6. The van der Waals surface area contributed by atoms with Gasteiger partial charge in [-0.15, -0.1) is 6.58 Å². The van der Waals surface area contributed by atoms with Gasteiger partial charge in [0.25, 0.3) is 0 Å². The predicted octanol–water partition coefficient (Wildman–Crippen LogP) is 5.56. The van der Waals surface area contributed by atoms with Crippen LogP contribution in [0.1, 0.15) is 78.6 Å². The number of hydrogen-bond acceptors (Lipinski definition) is 2. The number of hydrogen-bond donors (Lipinski definition) is 0. The summed E-state index contributed by atoms with van der Waals surface area (Å²) in [5.74, 6) is 3.66. The van der Waals surface area contributed by atoms with Crippen molar-refractivity contribution in [3.8, 4) is 0 Å². The second kappa shape index (κ2) is 5.94. The van der Waals surface area contributed by atoms with Crippen molar-refractivity contribution in [1.82, 2.24) is 0 Å². The minimum Gasteiger partial charge on any atom is -0.371 e. The van der Waals surface area contributed by atoms with E-state index >= 15 is 0 Å². The molecule has 4 rings (SSSR count). The molecule has 25 heavy (non-hydrogen) atoms. The van der Waals surface area contributed by atoms with Crippen LogP contribution in [0.25, 0.3) is 0 Å². The van der Waals surface area contributed by atoms with Gasteiger partial charge in [-0.1, -0.05) is 19.9 Å². The van der Waals surface area contributed by atoms with E-state index < -0.39 is 0 Å². The molecule has 0 saturated heterocycles. The molecule has 0 aromatic rings. The maximum Gasteiger partial charge on any atom is 0.133 e. The molecule has 7 atom stereocenters. The fourth-order valence-electron chi connectivity index (χ4n) is 7.75. The van der Waals surface area contributed by atoms with Gasteiger partial charge in [0, 0.05) is 12.8 Å². The van der Waals surface area contributed by atoms with Gasteiger partial charge in [0.2, 0.25) is 0 Å². The second-order valence-corrected chi connectivity index (χ2v) is 10.2. The Hall–Kier alpha value is -0.630. The maximum atomic E-state index is 12.0. The molecule has 140 valence electrons. The zero-order valence-electron chi connectivity index (χ0n) is 16.5. The molecule has 0 aliphatic heterocycles. The monoisotopic (exact) mass is 344 g/mol. The van der Waals surface area contributed by atoms with Crippen LogP contribution in [0.3, 0.4) is 0 Å². The fourth-order valence-corrected chi connectivity index (χ4v) is 7.75. The zero-order valence-corrected chi connectivity index (χ0v) is 16.5. The van der Waals surface area contributed by atoms with Crippen molar-refractivity contribution in [2.24, 2.45) is 34.5 Å². The Kier molecular flexibility index (Phi) is 4.22. The van der Waals surface area contributed by atoms with Crippen LogP contribution in [0.4, 0.5) is 0 Å². The molecule has 0 N–H and O–H groups in total. The van der Waals surface area contributed by atoms with Crippen molar-refractivity contribution in [1.29, 1.82) is 0 Å². The Morgan fingerprint density at radius 3 is 2.60 bits per heavy atom. The van der Waals surface area contributed by atoms with Gasteiger partial charge in [0.1, 0.15) is 5.78 Å². The summed E-state index contributed by atoms with van der Waals surface area (Å²) in [6, 6.07) is 0. The number of ether oxygens (including phenoxy) is 1. The highest BCUT2D eigenvalue weighted by atomic mass is 16.5. The predicted molar refractivity (Wildman–Crippen MR) is 101 cm³/mol. The van der Waals surface area contributed by atoms with E-state index in [4.69, 9.17) is 4.74 Å². The van der Waals surface area contributed by atoms with Gasteiger partial charge in [0.05, 0.1) is 12.2 Å². The third kappa shape index (κ3) is 2.42. The van der Waals surface area contributed by atoms with E-state index in [1.165, 1.54) is 38.5 Å². The fraction of sp³-hybridized carbons (Fsp3) is 0.870.